The number of nitrogens with two attached hydrogens (primary N) is 1. The van der Waals surface area contributed by atoms with Crippen molar-refractivity contribution in [2.75, 3.05) is 7.05 Å². The number of benzene rings is 2. The van der Waals surface area contributed by atoms with Crippen LogP contribution in [-0.2, 0) is 23.2 Å². The fraction of sp³-hybridized carbons (Fsp3) is 0.233. The van der Waals surface area contributed by atoms with Gasteiger partial charge < -0.3 is 5.73 Å². The molecule has 1 aliphatic carbocycles. The van der Waals surface area contributed by atoms with Crippen LogP contribution in [0.1, 0.15) is 30.0 Å². The number of amides is 1. The second kappa shape index (κ2) is 9.03. The van der Waals surface area contributed by atoms with Gasteiger partial charge in [0.1, 0.15) is 6.33 Å². The van der Waals surface area contributed by atoms with Crippen molar-refractivity contribution >= 4 is 23.5 Å². The number of carbonyl (C=O) groups is 1. The van der Waals surface area contributed by atoms with Crippen LogP contribution < -0.4 is 5.73 Å². The quantitative estimate of drug-likeness (QED) is 0.405. The first-order chi connectivity index (χ1) is 18.3. The highest BCUT2D eigenvalue weighted by molar-refractivity contribution is 6.30. The minimum Gasteiger partial charge on any atom is -0.369 e. The fourth-order valence-corrected chi connectivity index (χ4v) is 6.15. The maximum absolute atomic E-state index is 13.8. The lowest BCUT2D eigenvalue weighted by Crippen LogP contribution is -2.47. The Morgan fingerprint density at radius 3 is 2.32 bits per heavy atom. The molecule has 2 aromatic carbocycles. The number of halogens is 1. The summed E-state index contributed by atoms with van der Waals surface area (Å²) < 4.78 is 0. The lowest BCUT2D eigenvalue weighted by atomic mass is 9.62. The average molecular weight is 523 g/mol. The number of pyridine rings is 1. The molecule has 2 atom stereocenters. The van der Waals surface area contributed by atoms with Gasteiger partial charge in [0.15, 0.2) is 11.5 Å². The maximum Gasteiger partial charge on any atom is 0.261 e. The molecule has 4 aromatic rings. The van der Waals surface area contributed by atoms with Crippen LogP contribution in [0.2, 0.25) is 5.02 Å². The van der Waals surface area contributed by atoms with Crippen LogP contribution in [0.4, 0.5) is 0 Å². The van der Waals surface area contributed by atoms with Crippen molar-refractivity contribution in [1.82, 2.24) is 19.9 Å². The predicted octanol–water partition coefficient (Wildman–Crippen LogP) is 5.04. The van der Waals surface area contributed by atoms with Gasteiger partial charge in [-0.05, 0) is 64.6 Å². The number of hydrogen-bond donors (Lipinski definition) is 1. The average Bonchev–Trinajstić information content (AvgIpc) is 3.12. The van der Waals surface area contributed by atoms with Gasteiger partial charge in [-0.3, -0.25) is 14.7 Å². The molecule has 190 valence electrons. The van der Waals surface area contributed by atoms with E-state index in [2.05, 4.69) is 64.3 Å². The Morgan fingerprint density at radius 1 is 0.921 bits per heavy atom. The van der Waals surface area contributed by atoms with Crippen LogP contribution in [-0.4, -0.2) is 38.8 Å². The molecule has 38 heavy (non-hydrogen) atoms. The Labute approximate surface area is 226 Å². The Morgan fingerprint density at radius 2 is 1.63 bits per heavy atom. The van der Waals surface area contributed by atoms with E-state index >= 15 is 0 Å². The van der Waals surface area contributed by atoms with Gasteiger partial charge in [0, 0.05) is 43.0 Å². The third kappa shape index (κ3) is 4.13. The second-order valence-electron chi connectivity index (χ2n) is 10.6. The summed E-state index contributed by atoms with van der Waals surface area (Å²) in [7, 11) is 1.69. The van der Waals surface area contributed by atoms with Crippen LogP contribution >= 0.6 is 11.6 Å². The minimum absolute atomic E-state index is 0.0945. The number of rotatable bonds is 4. The van der Waals surface area contributed by atoms with Crippen molar-refractivity contribution in [3.05, 3.63) is 101 Å². The number of nitrogens with zero attached hydrogens (tertiary/aromatic N) is 5. The molecule has 2 aliphatic rings. The van der Waals surface area contributed by atoms with Crippen molar-refractivity contribution in [3.63, 3.8) is 0 Å². The predicted molar refractivity (Wildman–Crippen MR) is 148 cm³/mol. The van der Waals surface area contributed by atoms with Crippen LogP contribution in [0, 0.1) is 5.41 Å². The Hall–Kier alpha value is -4.10. The highest BCUT2D eigenvalue weighted by Crippen LogP contribution is 2.51. The molecule has 1 spiro atoms. The second-order valence-corrected chi connectivity index (χ2v) is 11.1. The lowest BCUT2D eigenvalue weighted by molar-refractivity contribution is -0.132. The van der Waals surface area contributed by atoms with E-state index in [0.29, 0.717) is 11.4 Å². The summed E-state index contributed by atoms with van der Waals surface area (Å²) in [4.78, 5) is 32.6. The summed E-state index contributed by atoms with van der Waals surface area (Å²) in [5.74, 6) is 0.150. The normalized spacial score (nSPS) is 22.4. The first-order valence-corrected chi connectivity index (χ1v) is 12.9. The van der Waals surface area contributed by atoms with Gasteiger partial charge in [0.05, 0.1) is 5.02 Å². The molecule has 1 amide bonds. The van der Waals surface area contributed by atoms with Crippen molar-refractivity contribution in [3.8, 4) is 22.3 Å². The summed E-state index contributed by atoms with van der Waals surface area (Å²) in [5.41, 5.74) is 12.0. The number of fused-ring (bicyclic) bond motifs is 2. The summed E-state index contributed by atoms with van der Waals surface area (Å²) in [6.45, 7) is 2.24. The smallest absolute Gasteiger partial charge is 0.261 e. The Balaban J connectivity index is 1.38. The first-order valence-electron chi connectivity index (χ1n) is 12.5. The largest absolute Gasteiger partial charge is 0.369 e. The van der Waals surface area contributed by atoms with E-state index in [1.807, 2.05) is 18.5 Å². The molecule has 8 heteroatoms. The molecule has 2 aromatic heterocycles. The number of aliphatic imine (C=N–C) groups is 1. The van der Waals surface area contributed by atoms with E-state index in [1.165, 1.54) is 16.8 Å². The standard InChI is InChI=1S/C30H27ClN6O/c1-29(11-19-3-5-20(6-4-19)24-14-34-18-35-15-24)12-22-8-7-21(23-9-25(31)16-33-13-23)10-26(22)30(17-29)27(38)37(2)28(32)36-30/h3-10,13-16,18H,11-12,17H2,1-2H3,(H2,32,36)/t29-,30?/m0/s1. The fourth-order valence-electron chi connectivity index (χ4n) is 5.97. The molecular weight excluding hydrogens is 496 g/mol. The van der Waals surface area contributed by atoms with Gasteiger partial charge in [-0.1, -0.05) is 54.9 Å². The molecular formula is C30H27ClN6O. The number of hydrogen-bond acceptors (Lipinski definition) is 6. The summed E-state index contributed by atoms with van der Waals surface area (Å²) in [5, 5.41) is 0.562. The molecule has 0 bridgehead atoms. The van der Waals surface area contributed by atoms with E-state index in [-0.39, 0.29) is 17.3 Å². The number of likely N-dealkylation sites (N-methyl/N-ethyl adjacent to an activating group) is 1. The van der Waals surface area contributed by atoms with Crippen molar-refractivity contribution in [2.45, 2.75) is 31.7 Å². The van der Waals surface area contributed by atoms with Crippen molar-refractivity contribution in [1.29, 1.82) is 0 Å². The van der Waals surface area contributed by atoms with Gasteiger partial charge >= 0.3 is 0 Å². The summed E-state index contributed by atoms with van der Waals surface area (Å²) in [6.07, 6.45) is 10.7. The van der Waals surface area contributed by atoms with E-state index < -0.39 is 5.54 Å². The Kier molecular flexibility index (Phi) is 5.76. The van der Waals surface area contributed by atoms with Crippen molar-refractivity contribution in [2.24, 2.45) is 16.1 Å². The van der Waals surface area contributed by atoms with Gasteiger partial charge in [0.2, 0.25) is 0 Å². The topological polar surface area (TPSA) is 97.4 Å². The van der Waals surface area contributed by atoms with Crippen LogP contribution in [0.15, 0.2) is 84.6 Å². The van der Waals surface area contributed by atoms with Gasteiger partial charge in [-0.25, -0.2) is 15.0 Å². The van der Waals surface area contributed by atoms with E-state index in [9.17, 15) is 4.79 Å². The maximum atomic E-state index is 13.8. The summed E-state index contributed by atoms with van der Waals surface area (Å²) in [6, 6.07) is 16.6. The summed E-state index contributed by atoms with van der Waals surface area (Å²) >= 11 is 6.21. The van der Waals surface area contributed by atoms with Gasteiger partial charge in [-0.2, -0.15) is 0 Å². The van der Waals surface area contributed by atoms with Crippen LogP contribution in [0.5, 0.6) is 0 Å². The lowest BCUT2D eigenvalue weighted by Gasteiger charge is -2.43. The molecule has 6 rings (SSSR count). The van der Waals surface area contributed by atoms with Crippen LogP contribution in [0.25, 0.3) is 22.3 Å². The zero-order valence-corrected chi connectivity index (χ0v) is 22.0. The third-order valence-electron chi connectivity index (χ3n) is 7.68. The molecule has 3 heterocycles. The first kappa shape index (κ1) is 24.2. The zero-order valence-electron chi connectivity index (χ0n) is 21.2. The van der Waals surface area contributed by atoms with E-state index in [4.69, 9.17) is 22.3 Å². The number of carbonyl (C=O) groups excluding carboxylic acids is 1. The molecule has 0 saturated carbocycles. The zero-order chi connectivity index (χ0) is 26.5. The van der Waals surface area contributed by atoms with E-state index in [1.54, 1.807) is 19.4 Å². The molecule has 0 saturated heterocycles. The SMILES string of the molecule is CN1C(=O)C2(C[C@@](C)(Cc3ccc(-c4cncnc4)cc3)Cc3ccc(-c4cncc(Cl)c4)cc32)N=C1N. The molecule has 7 nitrogen and oxygen atoms in total. The number of aromatic nitrogens is 3. The molecule has 0 fully saturated rings. The van der Waals surface area contributed by atoms with Gasteiger partial charge in [-0.15, -0.1) is 0 Å². The molecule has 0 radical (unpaired) electrons. The Bertz CT molecular complexity index is 1570. The molecule has 1 aliphatic heterocycles. The highest BCUT2D eigenvalue weighted by Gasteiger charge is 2.55. The number of guanidine groups is 1. The van der Waals surface area contributed by atoms with Gasteiger partial charge in [0.25, 0.3) is 5.91 Å². The minimum atomic E-state index is -1.06. The monoisotopic (exact) mass is 522 g/mol. The highest BCUT2D eigenvalue weighted by atomic mass is 35.5. The molecule has 1 unspecified atom stereocenters. The van der Waals surface area contributed by atoms with Crippen molar-refractivity contribution < 1.29 is 4.79 Å². The van der Waals surface area contributed by atoms with Crippen LogP contribution in [0.3, 0.4) is 0 Å². The molecule has 2 N–H and O–H groups in total. The third-order valence-corrected chi connectivity index (χ3v) is 7.89. The van der Waals surface area contributed by atoms with E-state index in [0.717, 1.165) is 46.2 Å².